The number of amides is 1. The van der Waals surface area contributed by atoms with Gasteiger partial charge in [0.2, 0.25) is 5.91 Å². The number of likely N-dealkylation sites (N-methyl/N-ethyl adjacent to an activating group) is 1. The molecule has 146 valence electrons. The third-order valence-electron chi connectivity index (χ3n) is 5.14. The van der Waals surface area contributed by atoms with E-state index in [1.807, 2.05) is 18.2 Å². The molecule has 1 amide bonds. The molecular weight excluding hydrogens is 336 g/mol. The van der Waals surface area contributed by atoms with Crippen molar-refractivity contribution in [3.05, 3.63) is 59.2 Å². The van der Waals surface area contributed by atoms with Gasteiger partial charge in [0.05, 0.1) is 13.7 Å². The average molecular weight is 369 g/mol. The third-order valence-corrected chi connectivity index (χ3v) is 5.14. The van der Waals surface area contributed by atoms with Crippen molar-refractivity contribution in [1.29, 1.82) is 0 Å². The standard InChI is InChI=1S/C23H32N2O2/c1-6-18-11-9-12-19(7-2)23(18)24-22(26)16-25(8-3)17(4)20-13-10-14-21(15-20)27-5/h9-15,17H,6-8,16H2,1-5H3,(H,24,26). The molecule has 4 heteroatoms. The fraction of sp³-hybridized carbons (Fsp3) is 0.435. The molecule has 1 atom stereocenters. The van der Waals surface area contributed by atoms with E-state index in [1.165, 1.54) is 11.1 Å². The number of methoxy groups -OCH3 is 1. The van der Waals surface area contributed by atoms with Crippen LogP contribution in [0.2, 0.25) is 0 Å². The zero-order chi connectivity index (χ0) is 19.8. The van der Waals surface area contributed by atoms with Crippen LogP contribution in [0.25, 0.3) is 0 Å². The van der Waals surface area contributed by atoms with Gasteiger partial charge in [-0.25, -0.2) is 0 Å². The Morgan fingerprint density at radius 1 is 1.07 bits per heavy atom. The molecule has 0 aromatic heterocycles. The SMILES string of the molecule is CCc1cccc(CC)c1NC(=O)CN(CC)C(C)c1cccc(OC)c1. The molecule has 4 nitrogen and oxygen atoms in total. The van der Waals surface area contributed by atoms with Gasteiger partial charge in [0.1, 0.15) is 5.75 Å². The maximum Gasteiger partial charge on any atom is 0.238 e. The van der Waals surface area contributed by atoms with Crippen molar-refractivity contribution < 1.29 is 9.53 Å². The second-order valence-corrected chi connectivity index (χ2v) is 6.72. The van der Waals surface area contributed by atoms with E-state index in [4.69, 9.17) is 4.74 Å². The van der Waals surface area contributed by atoms with Crippen LogP contribution in [0.3, 0.4) is 0 Å². The van der Waals surface area contributed by atoms with Crippen molar-refractivity contribution >= 4 is 11.6 Å². The molecule has 2 rings (SSSR count). The quantitative estimate of drug-likeness (QED) is 0.688. The van der Waals surface area contributed by atoms with Crippen molar-refractivity contribution in [1.82, 2.24) is 4.90 Å². The van der Waals surface area contributed by atoms with E-state index in [0.29, 0.717) is 6.54 Å². The van der Waals surface area contributed by atoms with Gasteiger partial charge in [-0.15, -0.1) is 0 Å². The van der Waals surface area contributed by atoms with Crippen molar-refractivity contribution in [3.63, 3.8) is 0 Å². The van der Waals surface area contributed by atoms with E-state index in [0.717, 1.165) is 36.4 Å². The number of carbonyl (C=O) groups excluding carboxylic acids is 1. The van der Waals surface area contributed by atoms with E-state index in [2.05, 4.69) is 62.2 Å². The zero-order valence-corrected chi connectivity index (χ0v) is 17.2. The van der Waals surface area contributed by atoms with Crippen LogP contribution in [0.1, 0.15) is 50.4 Å². The van der Waals surface area contributed by atoms with E-state index in [9.17, 15) is 4.79 Å². The molecule has 0 saturated carbocycles. The molecule has 0 radical (unpaired) electrons. The normalized spacial score (nSPS) is 12.1. The Morgan fingerprint density at radius 3 is 2.26 bits per heavy atom. The summed E-state index contributed by atoms with van der Waals surface area (Å²) in [5, 5.41) is 3.17. The Morgan fingerprint density at radius 2 is 1.70 bits per heavy atom. The van der Waals surface area contributed by atoms with E-state index < -0.39 is 0 Å². The number of hydrogen-bond acceptors (Lipinski definition) is 3. The van der Waals surface area contributed by atoms with Gasteiger partial charge in [0.15, 0.2) is 0 Å². The Hall–Kier alpha value is -2.33. The highest BCUT2D eigenvalue weighted by Gasteiger charge is 2.19. The minimum atomic E-state index is 0.0298. The highest BCUT2D eigenvalue weighted by Crippen LogP contribution is 2.25. The Bertz CT molecular complexity index is 736. The number of aryl methyl sites for hydroxylation is 2. The van der Waals surface area contributed by atoms with Gasteiger partial charge in [0, 0.05) is 11.7 Å². The lowest BCUT2D eigenvalue weighted by Crippen LogP contribution is -2.35. The van der Waals surface area contributed by atoms with Crippen molar-refractivity contribution in [2.45, 2.75) is 46.6 Å². The van der Waals surface area contributed by atoms with E-state index in [1.54, 1.807) is 7.11 Å². The van der Waals surface area contributed by atoms with Crippen LogP contribution < -0.4 is 10.1 Å². The van der Waals surface area contributed by atoms with Gasteiger partial charge in [0.25, 0.3) is 0 Å². The molecule has 0 fully saturated rings. The highest BCUT2D eigenvalue weighted by molar-refractivity contribution is 5.93. The molecule has 0 aliphatic carbocycles. The number of hydrogen-bond donors (Lipinski definition) is 1. The van der Waals surface area contributed by atoms with Crippen LogP contribution in [0, 0.1) is 0 Å². The number of rotatable bonds is 9. The Kier molecular flexibility index (Phi) is 7.86. The summed E-state index contributed by atoms with van der Waals surface area (Å²) in [5.74, 6) is 0.867. The Balaban J connectivity index is 2.13. The summed E-state index contributed by atoms with van der Waals surface area (Å²) in [6.07, 6.45) is 1.81. The van der Waals surface area contributed by atoms with Crippen LogP contribution >= 0.6 is 0 Å². The number of carbonyl (C=O) groups is 1. The van der Waals surface area contributed by atoms with Crippen molar-refractivity contribution in [3.8, 4) is 5.75 Å². The Labute approximate surface area is 163 Å². The van der Waals surface area contributed by atoms with Gasteiger partial charge >= 0.3 is 0 Å². The molecule has 0 spiro atoms. The summed E-state index contributed by atoms with van der Waals surface area (Å²) in [6.45, 7) is 9.60. The average Bonchev–Trinajstić information content (AvgIpc) is 2.71. The third kappa shape index (κ3) is 5.33. The first kappa shape index (κ1) is 21.0. The van der Waals surface area contributed by atoms with Crippen LogP contribution in [-0.4, -0.2) is 31.0 Å². The summed E-state index contributed by atoms with van der Waals surface area (Å²) in [5.41, 5.74) is 4.50. The first-order valence-electron chi connectivity index (χ1n) is 9.82. The minimum absolute atomic E-state index is 0.0298. The minimum Gasteiger partial charge on any atom is -0.497 e. The molecule has 2 aromatic carbocycles. The lowest BCUT2D eigenvalue weighted by molar-refractivity contribution is -0.117. The van der Waals surface area contributed by atoms with Gasteiger partial charge < -0.3 is 10.1 Å². The smallest absolute Gasteiger partial charge is 0.238 e. The fourth-order valence-electron chi connectivity index (χ4n) is 3.40. The molecule has 2 aromatic rings. The summed E-state index contributed by atoms with van der Waals surface area (Å²) < 4.78 is 5.33. The summed E-state index contributed by atoms with van der Waals surface area (Å²) in [6, 6.07) is 14.4. The molecular formula is C23H32N2O2. The zero-order valence-electron chi connectivity index (χ0n) is 17.2. The number of ether oxygens (including phenoxy) is 1. The monoisotopic (exact) mass is 368 g/mol. The van der Waals surface area contributed by atoms with Gasteiger partial charge in [-0.2, -0.15) is 0 Å². The molecule has 1 N–H and O–H groups in total. The highest BCUT2D eigenvalue weighted by atomic mass is 16.5. The van der Waals surface area contributed by atoms with E-state index >= 15 is 0 Å². The number of para-hydroxylation sites is 1. The summed E-state index contributed by atoms with van der Waals surface area (Å²) in [7, 11) is 1.67. The number of benzene rings is 2. The first-order chi connectivity index (χ1) is 13.0. The van der Waals surface area contributed by atoms with Gasteiger partial charge in [-0.1, -0.05) is 51.1 Å². The molecule has 27 heavy (non-hydrogen) atoms. The lowest BCUT2D eigenvalue weighted by Gasteiger charge is -2.28. The lowest BCUT2D eigenvalue weighted by atomic mass is 10.0. The molecule has 0 aliphatic rings. The maximum atomic E-state index is 12.8. The van der Waals surface area contributed by atoms with Crippen LogP contribution in [0.5, 0.6) is 5.75 Å². The predicted molar refractivity (Wildman–Crippen MR) is 112 cm³/mol. The predicted octanol–water partition coefficient (Wildman–Crippen LogP) is 4.84. The number of anilines is 1. The largest absolute Gasteiger partial charge is 0.497 e. The van der Waals surface area contributed by atoms with Crippen LogP contribution in [0.4, 0.5) is 5.69 Å². The molecule has 1 unspecified atom stereocenters. The van der Waals surface area contributed by atoms with Crippen molar-refractivity contribution in [2.24, 2.45) is 0 Å². The molecule has 0 saturated heterocycles. The van der Waals surface area contributed by atoms with Gasteiger partial charge in [-0.3, -0.25) is 9.69 Å². The molecule has 0 heterocycles. The number of nitrogens with zero attached hydrogens (tertiary/aromatic N) is 1. The molecule has 0 bridgehead atoms. The molecule has 0 aliphatic heterocycles. The second kappa shape index (κ2) is 10.1. The summed E-state index contributed by atoms with van der Waals surface area (Å²) >= 11 is 0. The summed E-state index contributed by atoms with van der Waals surface area (Å²) in [4.78, 5) is 15.0. The number of nitrogens with one attached hydrogen (secondary N) is 1. The second-order valence-electron chi connectivity index (χ2n) is 6.72. The van der Waals surface area contributed by atoms with Crippen LogP contribution in [0.15, 0.2) is 42.5 Å². The maximum absolute atomic E-state index is 12.8. The first-order valence-corrected chi connectivity index (χ1v) is 9.82. The topological polar surface area (TPSA) is 41.6 Å². The van der Waals surface area contributed by atoms with E-state index in [-0.39, 0.29) is 11.9 Å². The fourth-order valence-corrected chi connectivity index (χ4v) is 3.40. The van der Waals surface area contributed by atoms with Crippen LogP contribution in [-0.2, 0) is 17.6 Å². The van der Waals surface area contributed by atoms with Gasteiger partial charge in [-0.05, 0) is 55.1 Å². The van der Waals surface area contributed by atoms with Crippen molar-refractivity contribution in [2.75, 3.05) is 25.5 Å².